The van der Waals surface area contributed by atoms with E-state index < -0.39 is 0 Å². The predicted octanol–water partition coefficient (Wildman–Crippen LogP) is 2.94. The predicted molar refractivity (Wildman–Crippen MR) is 52.9 cm³/mol. The molecule has 0 spiro atoms. The first-order valence-corrected chi connectivity index (χ1v) is 4.75. The minimum atomic E-state index is 0.874. The average molecular weight is 182 g/mol. The molecule has 0 aliphatic carbocycles. The first-order valence-electron chi connectivity index (χ1n) is 4.37. The molecule has 64 valence electrons. The van der Waals surface area contributed by atoms with Gasteiger partial charge in [0.1, 0.15) is 0 Å². The minimum Gasteiger partial charge on any atom is -0.370 e. The molecule has 0 N–H and O–H groups in total. The Labute approximate surface area is 77.9 Å². The Morgan fingerprint density at radius 3 is 2.42 bits per heavy atom. The Kier molecular flexibility index (Phi) is 2.22. The topological polar surface area (TPSA) is 3.24 Å². The van der Waals surface area contributed by atoms with Crippen LogP contribution in [0.3, 0.4) is 0 Å². The van der Waals surface area contributed by atoms with Crippen molar-refractivity contribution in [3.05, 3.63) is 29.3 Å². The van der Waals surface area contributed by atoms with E-state index >= 15 is 0 Å². The minimum absolute atomic E-state index is 0.874. The van der Waals surface area contributed by atoms with Crippen LogP contribution < -0.4 is 4.90 Å². The molecule has 1 aliphatic heterocycles. The summed E-state index contributed by atoms with van der Waals surface area (Å²) in [6.45, 7) is 2.31. The highest BCUT2D eigenvalue weighted by atomic mass is 35.5. The van der Waals surface area contributed by atoms with Crippen molar-refractivity contribution in [2.24, 2.45) is 0 Å². The molecule has 1 saturated heterocycles. The fourth-order valence-electron chi connectivity index (χ4n) is 1.67. The van der Waals surface area contributed by atoms with E-state index in [9.17, 15) is 0 Å². The summed E-state index contributed by atoms with van der Waals surface area (Å²) in [5.41, 5.74) is 1.19. The summed E-state index contributed by atoms with van der Waals surface area (Å²) >= 11 is 6.06. The van der Waals surface area contributed by atoms with E-state index in [0.717, 1.165) is 18.1 Å². The number of halogens is 1. The van der Waals surface area contributed by atoms with E-state index in [1.54, 1.807) is 0 Å². The molecule has 1 nitrogen and oxygen atoms in total. The average Bonchev–Trinajstić information content (AvgIpc) is 2.57. The summed E-state index contributed by atoms with van der Waals surface area (Å²) in [6.07, 6.45) is 2.59. The molecule has 2 heteroatoms. The van der Waals surface area contributed by atoms with Crippen molar-refractivity contribution in [3.8, 4) is 0 Å². The van der Waals surface area contributed by atoms with Crippen LogP contribution in [0.4, 0.5) is 5.69 Å². The molecule has 0 unspecified atom stereocenters. The van der Waals surface area contributed by atoms with Crippen molar-refractivity contribution in [2.45, 2.75) is 12.8 Å². The molecule has 1 aromatic carbocycles. The quantitative estimate of drug-likeness (QED) is 0.644. The molecule has 0 amide bonds. The van der Waals surface area contributed by atoms with Crippen LogP contribution in [0.2, 0.25) is 5.02 Å². The zero-order valence-corrected chi connectivity index (χ0v) is 7.72. The summed E-state index contributed by atoms with van der Waals surface area (Å²) in [6, 6.07) is 8.06. The van der Waals surface area contributed by atoms with Gasteiger partial charge < -0.3 is 4.90 Å². The molecule has 0 bridgehead atoms. The van der Waals surface area contributed by atoms with Crippen molar-refractivity contribution in [2.75, 3.05) is 18.0 Å². The van der Waals surface area contributed by atoms with Crippen LogP contribution in [0.5, 0.6) is 0 Å². The third-order valence-electron chi connectivity index (χ3n) is 2.30. The smallest absolute Gasteiger partial charge is 0.0639 e. The van der Waals surface area contributed by atoms with E-state index in [2.05, 4.69) is 11.0 Å². The lowest BCUT2D eigenvalue weighted by atomic mass is 10.3. The van der Waals surface area contributed by atoms with Gasteiger partial charge in [-0.1, -0.05) is 23.7 Å². The Morgan fingerprint density at radius 2 is 1.75 bits per heavy atom. The van der Waals surface area contributed by atoms with Crippen molar-refractivity contribution < 1.29 is 0 Å². The zero-order valence-electron chi connectivity index (χ0n) is 6.96. The summed E-state index contributed by atoms with van der Waals surface area (Å²) < 4.78 is 0. The van der Waals surface area contributed by atoms with Gasteiger partial charge in [0.25, 0.3) is 0 Å². The Morgan fingerprint density at radius 1 is 1.08 bits per heavy atom. The second-order valence-corrected chi connectivity index (χ2v) is 3.55. The van der Waals surface area contributed by atoms with Crippen LogP contribution in [0.1, 0.15) is 12.8 Å². The largest absolute Gasteiger partial charge is 0.370 e. The molecule has 1 heterocycles. The lowest BCUT2D eigenvalue weighted by Gasteiger charge is -2.18. The van der Waals surface area contributed by atoms with Gasteiger partial charge in [0.2, 0.25) is 0 Å². The van der Waals surface area contributed by atoms with Crippen LogP contribution in [-0.2, 0) is 0 Å². The Balaban J connectivity index is 2.26. The summed E-state index contributed by atoms with van der Waals surface area (Å²) in [4.78, 5) is 2.35. The normalized spacial score (nSPS) is 16.9. The van der Waals surface area contributed by atoms with Gasteiger partial charge in [0.05, 0.1) is 10.7 Å². The van der Waals surface area contributed by atoms with Gasteiger partial charge in [-0.3, -0.25) is 0 Å². The zero-order chi connectivity index (χ0) is 8.39. The van der Waals surface area contributed by atoms with Gasteiger partial charge in [0.15, 0.2) is 0 Å². The molecule has 0 aromatic heterocycles. The van der Waals surface area contributed by atoms with E-state index in [4.69, 9.17) is 11.6 Å². The first-order chi connectivity index (χ1) is 5.88. The maximum Gasteiger partial charge on any atom is 0.0639 e. The van der Waals surface area contributed by atoms with Crippen molar-refractivity contribution in [1.82, 2.24) is 0 Å². The van der Waals surface area contributed by atoms with Crippen LogP contribution in [0.25, 0.3) is 0 Å². The second-order valence-electron chi connectivity index (χ2n) is 3.15. The van der Waals surface area contributed by atoms with Gasteiger partial charge in [-0.25, -0.2) is 0 Å². The van der Waals surface area contributed by atoms with Gasteiger partial charge >= 0.3 is 0 Å². The molecular formula is C10H12ClN. The van der Waals surface area contributed by atoms with E-state index in [1.807, 2.05) is 18.2 Å². The van der Waals surface area contributed by atoms with E-state index in [0.29, 0.717) is 0 Å². The fraction of sp³-hybridized carbons (Fsp3) is 0.400. The molecule has 2 rings (SSSR count). The number of hydrogen-bond acceptors (Lipinski definition) is 1. The number of anilines is 1. The fourth-order valence-corrected chi connectivity index (χ4v) is 1.92. The van der Waals surface area contributed by atoms with Crippen LogP contribution in [0, 0.1) is 0 Å². The Bertz CT molecular complexity index is 266. The van der Waals surface area contributed by atoms with Crippen LogP contribution >= 0.6 is 11.6 Å². The molecule has 12 heavy (non-hydrogen) atoms. The molecule has 1 fully saturated rings. The highest BCUT2D eigenvalue weighted by molar-refractivity contribution is 6.33. The molecule has 1 aromatic rings. The maximum atomic E-state index is 6.06. The summed E-state index contributed by atoms with van der Waals surface area (Å²) in [5, 5.41) is 0.874. The Hall–Kier alpha value is -0.690. The standard InChI is InChI=1S/C10H12ClN/c11-9-5-1-2-6-10(9)12-7-3-4-8-12/h1-2,5-6H,3-4,7-8H2. The number of hydrogen-bond donors (Lipinski definition) is 0. The van der Waals surface area contributed by atoms with Crippen molar-refractivity contribution in [1.29, 1.82) is 0 Å². The van der Waals surface area contributed by atoms with Crippen LogP contribution in [-0.4, -0.2) is 13.1 Å². The van der Waals surface area contributed by atoms with Gasteiger partial charge in [-0.2, -0.15) is 0 Å². The van der Waals surface area contributed by atoms with Gasteiger partial charge in [-0.15, -0.1) is 0 Å². The first kappa shape index (κ1) is 7.93. The molecule has 0 saturated carbocycles. The number of benzene rings is 1. The molecule has 0 atom stereocenters. The second kappa shape index (κ2) is 3.36. The summed E-state index contributed by atoms with van der Waals surface area (Å²) in [5.74, 6) is 0. The lowest BCUT2D eigenvalue weighted by Crippen LogP contribution is -2.17. The van der Waals surface area contributed by atoms with Crippen molar-refractivity contribution >= 4 is 17.3 Å². The third-order valence-corrected chi connectivity index (χ3v) is 2.62. The maximum absolute atomic E-state index is 6.06. The van der Waals surface area contributed by atoms with E-state index in [-0.39, 0.29) is 0 Å². The lowest BCUT2D eigenvalue weighted by molar-refractivity contribution is 0.949. The number of para-hydroxylation sites is 1. The monoisotopic (exact) mass is 181 g/mol. The van der Waals surface area contributed by atoms with Crippen LogP contribution in [0.15, 0.2) is 24.3 Å². The number of rotatable bonds is 1. The number of nitrogens with zero attached hydrogens (tertiary/aromatic N) is 1. The van der Waals surface area contributed by atoms with Gasteiger partial charge in [0, 0.05) is 13.1 Å². The highest BCUT2D eigenvalue weighted by Gasteiger charge is 2.13. The van der Waals surface area contributed by atoms with Crippen molar-refractivity contribution in [3.63, 3.8) is 0 Å². The highest BCUT2D eigenvalue weighted by Crippen LogP contribution is 2.27. The molecule has 0 radical (unpaired) electrons. The van der Waals surface area contributed by atoms with Gasteiger partial charge in [-0.05, 0) is 25.0 Å². The molecule has 1 aliphatic rings. The third kappa shape index (κ3) is 1.42. The van der Waals surface area contributed by atoms with E-state index in [1.165, 1.54) is 18.5 Å². The molecular weight excluding hydrogens is 170 g/mol. The SMILES string of the molecule is Clc1ccccc1N1CCCC1. The summed E-state index contributed by atoms with van der Waals surface area (Å²) in [7, 11) is 0.